The molecule has 5 rings (SSSR count). The lowest BCUT2D eigenvalue weighted by atomic mass is 9.66. The number of nitrogens with one attached hydrogen (secondary N) is 1. The van der Waals surface area contributed by atoms with Crippen LogP contribution in [0.5, 0.6) is 0 Å². The van der Waals surface area contributed by atoms with Crippen molar-refractivity contribution >= 4 is 16.9 Å². The van der Waals surface area contributed by atoms with Gasteiger partial charge in [-0.15, -0.1) is 0 Å². The molecule has 6 heteroatoms. The Morgan fingerprint density at radius 1 is 1.28 bits per heavy atom. The number of nitrogens with zero attached hydrogens (tertiary/aromatic N) is 2. The first kappa shape index (κ1) is 21.3. The zero-order chi connectivity index (χ0) is 22.5. The van der Waals surface area contributed by atoms with E-state index in [9.17, 15) is 4.79 Å². The van der Waals surface area contributed by atoms with Crippen LogP contribution in [-0.2, 0) is 28.5 Å². The van der Waals surface area contributed by atoms with Gasteiger partial charge in [0.25, 0.3) is 0 Å². The van der Waals surface area contributed by atoms with Crippen LogP contribution in [0.1, 0.15) is 41.4 Å². The highest BCUT2D eigenvalue weighted by Crippen LogP contribution is 2.51. The topological polar surface area (TPSA) is 59.5 Å². The number of carbonyl (C=O) groups excluding carboxylic acids is 1. The number of aromatic amines is 1. The Labute approximate surface area is 189 Å². The van der Waals surface area contributed by atoms with Crippen molar-refractivity contribution in [3.05, 3.63) is 59.5 Å². The van der Waals surface area contributed by atoms with Crippen LogP contribution < -0.4 is 0 Å². The van der Waals surface area contributed by atoms with Crippen molar-refractivity contribution in [3.8, 4) is 0 Å². The van der Waals surface area contributed by atoms with E-state index in [2.05, 4.69) is 59.9 Å². The number of rotatable bonds is 6. The van der Waals surface area contributed by atoms with Crippen molar-refractivity contribution in [2.75, 3.05) is 27.3 Å². The zero-order valence-corrected chi connectivity index (χ0v) is 19.4. The van der Waals surface area contributed by atoms with E-state index in [4.69, 9.17) is 9.47 Å². The third-order valence-corrected chi connectivity index (χ3v) is 7.92. The Hall–Kier alpha value is -2.57. The Bertz CT molecular complexity index is 1120. The fourth-order valence-corrected chi connectivity index (χ4v) is 6.26. The molecule has 170 valence electrons. The predicted molar refractivity (Wildman–Crippen MR) is 125 cm³/mol. The van der Waals surface area contributed by atoms with E-state index < -0.39 is 0 Å². The van der Waals surface area contributed by atoms with Crippen LogP contribution in [0.25, 0.3) is 10.9 Å². The highest BCUT2D eigenvalue weighted by atomic mass is 16.5. The highest BCUT2D eigenvalue weighted by molar-refractivity contribution is 5.89. The van der Waals surface area contributed by atoms with Gasteiger partial charge in [0.1, 0.15) is 11.3 Å². The van der Waals surface area contributed by atoms with Crippen LogP contribution in [-0.4, -0.2) is 53.8 Å². The molecule has 0 amide bonds. The number of carbonyl (C=O) groups is 1. The van der Waals surface area contributed by atoms with Gasteiger partial charge in [0, 0.05) is 50.0 Å². The summed E-state index contributed by atoms with van der Waals surface area (Å²) < 4.78 is 14.4. The first-order valence-corrected chi connectivity index (χ1v) is 11.6. The third-order valence-electron chi connectivity index (χ3n) is 7.92. The number of hydrogen-bond acceptors (Lipinski definition) is 4. The quantitative estimate of drug-likeness (QED) is 0.592. The van der Waals surface area contributed by atoms with Crippen molar-refractivity contribution in [3.63, 3.8) is 0 Å². The summed E-state index contributed by atoms with van der Waals surface area (Å²) in [5, 5.41) is 1.35. The van der Waals surface area contributed by atoms with E-state index in [0.717, 1.165) is 25.8 Å². The van der Waals surface area contributed by atoms with Gasteiger partial charge in [0.05, 0.1) is 6.61 Å². The molecule has 4 atom stereocenters. The lowest BCUT2D eigenvalue weighted by Gasteiger charge is -2.54. The minimum absolute atomic E-state index is 0.278. The number of fused-ring (bicyclic) bond motifs is 2. The Kier molecular flexibility index (Phi) is 5.38. The summed E-state index contributed by atoms with van der Waals surface area (Å²) in [7, 11) is 6.21. The van der Waals surface area contributed by atoms with Gasteiger partial charge in [-0.3, -0.25) is 4.90 Å². The second-order valence-corrected chi connectivity index (χ2v) is 9.53. The van der Waals surface area contributed by atoms with Crippen LogP contribution in [0.4, 0.5) is 0 Å². The average Bonchev–Trinajstić information content (AvgIpc) is 3.44. The number of likely N-dealkylation sites (tertiary alicyclic amines) is 1. The maximum Gasteiger partial charge on any atom is 0.354 e. The fraction of sp³-hybridized carbons (Fsp3) is 0.500. The number of ether oxygens (including phenoxy) is 2. The van der Waals surface area contributed by atoms with Crippen LogP contribution in [0, 0.1) is 11.8 Å². The predicted octanol–water partition coefficient (Wildman–Crippen LogP) is 4.11. The average molecular weight is 436 g/mol. The second kappa shape index (κ2) is 8.09. The molecule has 1 fully saturated rings. The van der Waals surface area contributed by atoms with Gasteiger partial charge < -0.3 is 19.0 Å². The minimum Gasteiger partial charge on any atom is -0.461 e. The molecule has 1 N–H and O–H groups in total. The van der Waals surface area contributed by atoms with Crippen LogP contribution in [0.3, 0.4) is 0 Å². The van der Waals surface area contributed by atoms with E-state index in [1.165, 1.54) is 22.0 Å². The normalized spacial score (nSPS) is 26.1. The molecule has 1 aliphatic heterocycles. The summed E-state index contributed by atoms with van der Waals surface area (Å²) in [5.74, 6) is 0.368. The Balaban J connectivity index is 1.45. The summed E-state index contributed by atoms with van der Waals surface area (Å²) in [6, 6.07) is 10.5. The Morgan fingerprint density at radius 3 is 2.84 bits per heavy atom. The molecular formula is C26H33N3O3. The molecule has 3 aromatic rings. The van der Waals surface area contributed by atoms with Gasteiger partial charge in [-0.05, 0) is 67.5 Å². The molecule has 0 saturated carbocycles. The van der Waals surface area contributed by atoms with E-state index in [1.54, 1.807) is 12.3 Å². The lowest BCUT2D eigenvalue weighted by Crippen LogP contribution is -2.60. The summed E-state index contributed by atoms with van der Waals surface area (Å²) in [4.78, 5) is 17.8. The van der Waals surface area contributed by atoms with E-state index in [1.807, 2.05) is 13.2 Å². The number of piperidine rings is 1. The van der Waals surface area contributed by atoms with Crippen molar-refractivity contribution in [2.45, 2.75) is 37.8 Å². The number of aryl methyl sites for hydroxylation is 1. The smallest absolute Gasteiger partial charge is 0.354 e. The molecular weight excluding hydrogens is 402 g/mol. The molecule has 1 saturated heterocycles. The summed E-state index contributed by atoms with van der Waals surface area (Å²) in [5.41, 5.74) is 4.13. The molecule has 3 heterocycles. The van der Waals surface area contributed by atoms with Gasteiger partial charge in [-0.25, -0.2) is 4.79 Å². The maximum absolute atomic E-state index is 12.4. The van der Waals surface area contributed by atoms with Gasteiger partial charge >= 0.3 is 5.97 Å². The molecule has 2 aromatic heterocycles. The van der Waals surface area contributed by atoms with E-state index >= 15 is 0 Å². The maximum atomic E-state index is 12.4. The largest absolute Gasteiger partial charge is 0.461 e. The number of likely N-dealkylation sites (N-methyl/N-ethyl adjacent to an activating group) is 1. The summed E-state index contributed by atoms with van der Waals surface area (Å²) in [6.45, 7) is 3.60. The summed E-state index contributed by atoms with van der Waals surface area (Å²) >= 11 is 0. The van der Waals surface area contributed by atoms with Crippen molar-refractivity contribution < 1.29 is 14.3 Å². The molecule has 1 unspecified atom stereocenters. The molecule has 0 bridgehead atoms. The Morgan fingerprint density at radius 2 is 2.12 bits per heavy atom. The lowest BCUT2D eigenvalue weighted by molar-refractivity contribution is -0.135. The van der Waals surface area contributed by atoms with Crippen molar-refractivity contribution in [2.24, 2.45) is 18.9 Å². The van der Waals surface area contributed by atoms with Gasteiger partial charge in [-0.1, -0.05) is 19.1 Å². The number of esters is 1. The SMILES string of the molecule is CCC(COC(=O)c1ccc[nH]1)[C@H]1CN(C)[C@@H]2Cc3cn(C)c4cccc(c34)[C@@]2(OC)C1. The van der Waals surface area contributed by atoms with E-state index in [-0.39, 0.29) is 17.5 Å². The minimum atomic E-state index is -0.359. The number of aromatic nitrogens is 2. The van der Waals surface area contributed by atoms with Crippen LogP contribution in [0.15, 0.2) is 42.7 Å². The standard InChI is InChI=1S/C26H33N3O3/c1-5-17(16-32-25(30)21-9-7-11-27-21)19-13-26(31-4)20-8-6-10-22-24(20)18(14-28(22)2)12-23(26)29(3)15-19/h6-11,14,17,19,23,27H,5,12-13,15-16H2,1-4H3/t17?,19-,23-,26+/m1/s1. The first-order chi connectivity index (χ1) is 15.5. The molecule has 2 aliphatic rings. The number of hydrogen-bond donors (Lipinski definition) is 1. The fourth-order valence-electron chi connectivity index (χ4n) is 6.26. The monoisotopic (exact) mass is 435 g/mol. The van der Waals surface area contributed by atoms with Gasteiger partial charge in [0.15, 0.2) is 0 Å². The molecule has 0 spiro atoms. The number of benzene rings is 1. The second-order valence-electron chi connectivity index (χ2n) is 9.53. The third kappa shape index (κ3) is 3.20. The highest BCUT2D eigenvalue weighted by Gasteiger charge is 2.52. The van der Waals surface area contributed by atoms with Crippen LogP contribution >= 0.6 is 0 Å². The number of methoxy groups -OCH3 is 1. The summed E-state index contributed by atoms with van der Waals surface area (Å²) in [6.07, 6.45) is 6.91. The van der Waals surface area contributed by atoms with Gasteiger partial charge in [-0.2, -0.15) is 0 Å². The van der Waals surface area contributed by atoms with Gasteiger partial charge in [0.2, 0.25) is 0 Å². The van der Waals surface area contributed by atoms with Crippen molar-refractivity contribution in [1.29, 1.82) is 0 Å². The van der Waals surface area contributed by atoms with E-state index in [0.29, 0.717) is 24.3 Å². The van der Waals surface area contributed by atoms with Crippen molar-refractivity contribution in [1.82, 2.24) is 14.5 Å². The number of H-pyrrole nitrogens is 1. The molecule has 32 heavy (non-hydrogen) atoms. The molecule has 6 nitrogen and oxygen atoms in total. The van der Waals surface area contributed by atoms with Crippen LogP contribution in [0.2, 0.25) is 0 Å². The zero-order valence-electron chi connectivity index (χ0n) is 19.4. The molecule has 1 aromatic carbocycles. The molecule has 1 aliphatic carbocycles. The first-order valence-electron chi connectivity index (χ1n) is 11.6. The molecule has 0 radical (unpaired) electrons.